The Bertz CT molecular complexity index is 2560. The van der Waals surface area contributed by atoms with Crippen molar-refractivity contribution in [3.8, 4) is 0 Å². The third-order valence-electron chi connectivity index (χ3n) is 16.9. The molecule has 0 saturated carbocycles. The number of carbonyl (C=O) groups is 10. The number of nitrogens with zero attached hydrogens (tertiary/aromatic N) is 7. The molecule has 26 heteroatoms. The molecule has 7 N–H and O–H groups in total. The third-order valence-corrected chi connectivity index (χ3v) is 18.0. The van der Waals surface area contributed by atoms with E-state index in [9.17, 15) is 34.2 Å². The van der Waals surface area contributed by atoms with Gasteiger partial charge in [-0.05, 0) is 108 Å². The summed E-state index contributed by atoms with van der Waals surface area (Å²) in [7, 11) is 13.6. The van der Waals surface area contributed by atoms with Gasteiger partial charge in [0, 0.05) is 61.5 Å². The molecule has 92 heavy (non-hydrogen) atoms. The molecule has 0 spiro atoms. The number of aliphatic hydroxyl groups is 2. The van der Waals surface area contributed by atoms with Crippen molar-refractivity contribution in [2.45, 2.75) is 228 Å². The molecule has 1 aliphatic rings. The highest BCUT2D eigenvalue weighted by atomic mass is 32.2. The van der Waals surface area contributed by atoms with E-state index in [0.717, 1.165) is 31.4 Å². The number of rotatable bonds is 19. The van der Waals surface area contributed by atoms with E-state index in [1.807, 2.05) is 55.6 Å². The summed E-state index contributed by atoms with van der Waals surface area (Å²) in [6.45, 7) is 29.4. The van der Waals surface area contributed by atoms with Crippen LogP contribution in [0.4, 0.5) is 0 Å². The van der Waals surface area contributed by atoms with Crippen LogP contribution in [0.1, 0.15) is 156 Å². The first-order valence-electron chi connectivity index (χ1n) is 32.7. The first-order chi connectivity index (χ1) is 42.3. The molecule has 528 valence electrons. The monoisotopic (exact) mass is 1320 g/mol. The van der Waals surface area contributed by atoms with Crippen LogP contribution >= 0.6 is 11.8 Å². The first kappa shape index (κ1) is 84.0. The maximum absolute atomic E-state index is 15.3. The Kier molecular flexibility index (Phi) is 34.5. The van der Waals surface area contributed by atoms with Gasteiger partial charge in [0.05, 0.1) is 37.4 Å². The number of hydrogen-bond acceptors (Lipinski definition) is 15. The number of quaternary nitrogens is 1. The van der Waals surface area contributed by atoms with Gasteiger partial charge in [0.2, 0.25) is 59.1 Å². The standard InChI is InChI=1S/C66H120N12O13S/c1-27-29-30-42(13)53(79)52-57(83)69-45(28-2)59(85)78(26)65(92-32-31-71(18)19)64(90)75(23)49(36-66(16,17)91)56(82)70-50(40(9)10)62(88)72(20)46(33-37(3)4)55(81)67-43(14)54(80)68-44(15)58(84)73(21)47(34-38(5)6)60(86)74(22)48(35-39(7)8)61(87)76(24)51(41(11)12)63(89)77(52)25/h27,29,37-53,79,90-91H,28,30-36H2,1-26H3,(H,67,81)(H,68,80)(H,69,83)(H,70,82)/b29-27+,65-64?/t42-,43+,44-,45+,46+,47+,48+,49+,50+,51+,52+,53-/m1/s1. The van der Waals surface area contributed by atoms with Crippen molar-refractivity contribution in [3.63, 3.8) is 0 Å². The molecule has 0 aromatic carbocycles. The zero-order valence-electron chi connectivity index (χ0n) is 60.6. The highest BCUT2D eigenvalue weighted by Gasteiger charge is 2.46. The fourth-order valence-electron chi connectivity index (χ4n) is 11.1. The lowest BCUT2D eigenvalue weighted by Crippen LogP contribution is -3.06. The second kappa shape index (κ2) is 37.8. The number of thioether (sulfide) groups is 1. The minimum atomic E-state index is -1.66. The van der Waals surface area contributed by atoms with Crippen molar-refractivity contribution < 1.29 is 68.2 Å². The Morgan fingerprint density at radius 2 is 1.02 bits per heavy atom. The minimum absolute atomic E-state index is 0.0415. The van der Waals surface area contributed by atoms with Gasteiger partial charge in [0.15, 0.2) is 0 Å². The Hall–Kier alpha value is -5.99. The number of allylic oxidation sites excluding steroid dienone is 2. The zero-order valence-corrected chi connectivity index (χ0v) is 61.4. The van der Waals surface area contributed by atoms with Crippen molar-refractivity contribution in [2.75, 3.05) is 75.7 Å². The summed E-state index contributed by atoms with van der Waals surface area (Å²) in [5.41, 5.74) is -1.59. The van der Waals surface area contributed by atoms with E-state index in [2.05, 4.69) is 21.3 Å². The number of nitrogens with one attached hydrogen (secondary N) is 5. The predicted molar refractivity (Wildman–Crippen MR) is 357 cm³/mol. The van der Waals surface area contributed by atoms with Crippen LogP contribution in [0.25, 0.3) is 0 Å². The molecule has 25 nitrogen and oxygen atoms in total. The van der Waals surface area contributed by atoms with E-state index in [1.165, 1.54) is 96.6 Å². The summed E-state index contributed by atoms with van der Waals surface area (Å²) < 4.78 is 0. The second-order valence-electron chi connectivity index (χ2n) is 28.2. The average Bonchev–Trinajstić information content (AvgIpc) is 0.830. The van der Waals surface area contributed by atoms with Crippen LogP contribution in [0, 0.1) is 35.5 Å². The maximum Gasteiger partial charge on any atom is 0.249 e. The van der Waals surface area contributed by atoms with Crippen molar-refractivity contribution in [2.24, 2.45) is 35.5 Å². The van der Waals surface area contributed by atoms with Crippen LogP contribution in [0.3, 0.4) is 0 Å². The molecule has 1 rings (SSSR count). The molecule has 0 saturated heterocycles. The van der Waals surface area contributed by atoms with Gasteiger partial charge in [0.1, 0.15) is 60.4 Å². The van der Waals surface area contributed by atoms with E-state index < -0.39 is 155 Å². The summed E-state index contributed by atoms with van der Waals surface area (Å²) >= 11 is 1.03. The molecule has 0 aliphatic carbocycles. The predicted octanol–water partition coefficient (Wildman–Crippen LogP) is 1.22. The largest absolute Gasteiger partial charge is 0.859 e. The van der Waals surface area contributed by atoms with Crippen LogP contribution in [-0.2, 0) is 47.9 Å². The molecule has 12 atom stereocenters. The number of carbonyl (C=O) groups excluding carboxylic acids is 10. The molecule has 1 heterocycles. The Balaban J connectivity index is 4.62. The molecule has 0 aromatic heterocycles. The summed E-state index contributed by atoms with van der Waals surface area (Å²) in [6, 6.07) is -13.1. The molecule has 0 fully saturated rings. The van der Waals surface area contributed by atoms with Gasteiger partial charge in [0.25, 0.3) is 0 Å². The van der Waals surface area contributed by atoms with Gasteiger partial charge in [-0.2, -0.15) is 0 Å². The lowest BCUT2D eigenvalue weighted by atomic mass is 9.91. The van der Waals surface area contributed by atoms with E-state index in [1.54, 1.807) is 60.6 Å². The van der Waals surface area contributed by atoms with Crippen LogP contribution < -0.4 is 31.3 Å². The molecule has 0 aromatic rings. The number of aliphatic hydroxyl groups excluding tert-OH is 1. The molecular formula is C66H120N12O13S. The molecule has 1 aliphatic heterocycles. The van der Waals surface area contributed by atoms with Crippen molar-refractivity contribution in [3.05, 3.63) is 23.1 Å². The van der Waals surface area contributed by atoms with Crippen molar-refractivity contribution >= 4 is 70.8 Å². The lowest BCUT2D eigenvalue weighted by Gasteiger charge is -2.42. The SMILES string of the molecule is C/C=C/C[C@@H](C)[C@@H](O)[C@H]1C(=O)N[C@@H](CC)C(=O)N(C)C(SCC[NH+](C)C)=C([O-])N(C)[C@@H](CC(C)(C)O)C(=O)N[C@@H](C(C)C)C(=O)N(C)[C@@H](CC(C)C)C(=O)N[C@@H](C)C(=O)N[C@H](C)C(=O)N(C)[C@@H](CC(C)C)C(=O)N(C)[C@@H](CC(C)C)C(=O)N(C)[C@@H](C(C)C)C(=O)N1C. The van der Waals surface area contributed by atoms with Gasteiger partial charge in [-0.15, -0.1) is 11.8 Å². The smallest absolute Gasteiger partial charge is 0.249 e. The zero-order chi connectivity index (χ0) is 71.5. The van der Waals surface area contributed by atoms with Gasteiger partial charge in [-0.25, -0.2) is 0 Å². The fourth-order valence-corrected chi connectivity index (χ4v) is 12.4. The van der Waals surface area contributed by atoms with Crippen LogP contribution in [0.2, 0.25) is 0 Å². The second-order valence-corrected chi connectivity index (χ2v) is 29.3. The Labute approximate surface area is 554 Å². The summed E-state index contributed by atoms with van der Waals surface area (Å²) in [6.07, 6.45) is 2.31. The normalized spacial score (nSPS) is 26.0. The van der Waals surface area contributed by atoms with Gasteiger partial charge in [-0.3, -0.25) is 47.9 Å². The molecule has 10 amide bonds. The van der Waals surface area contributed by atoms with Crippen LogP contribution in [0.5, 0.6) is 0 Å². The van der Waals surface area contributed by atoms with E-state index in [4.69, 9.17) is 0 Å². The number of likely N-dealkylation sites (N-methyl/N-ethyl adjacent to an activating group) is 7. The Morgan fingerprint density at radius 1 is 0.565 bits per heavy atom. The van der Waals surface area contributed by atoms with Crippen LogP contribution in [0.15, 0.2) is 23.1 Å². The minimum Gasteiger partial charge on any atom is -0.859 e. The Morgan fingerprint density at radius 3 is 1.48 bits per heavy atom. The highest BCUT2D eigenvalue weighted by molar-refractivity contribution is 8.03. The molecular weight excluding hydrogens is 1200 g/mol. The van der Waals surface area contributed by atoms with E-state index >= 15 is 29.1 Å². The quantitative estimate of drug-likeness (QED) is 0.0895. The van der Waals surface area contributed by atoms with Gasteiger partial charge < -0.3 is 75.8 Å². The number of amides is 10. The van der Waals surface area contributed by atoms with Crippen LogP contribution in [-0.4, -0.2) is 251 Å². The van der Waals surface area contributed by atoms with Crippen molar-refractivity contribution in [1.82, 2.24) is 55.6 Å². The summed E-state index contributed by atoms with van der Waals surface area (Å²) in [4.78, 5) is 157. The van der Waals surface area contributed by atoms with E-state index in [0.29, 0.717) is 12.3 Å². The molecule has 0 radical (unpaired) electrons. The van der Waals surface area contributed by atoms with E-state index in [-0.39, 0.29) is 61.3 Å². The first-order valence-corrected chi connectivity index (χ1v) is 33.7. The topological polar surface area (TPSA) is 309 Å². The molecule has 0 unspecified atom stereocenters. The molecule has 0 bridgehead atoms. The van der Waals surface area contributed by atoms with Crippen molar-refractivity contribution in [1.29, 1.82) is 0 Å². The third kappa shape index (κ3) is 24.1. The lowest BCUT2D eigenvalue weighted by molar-refractivity contribution is -0.855. The van der Waals surface area contributed by atoms with Gasteiger partial charge in [-0.1, -0.05) is 95.2 Å². The maximum atomic E-state index is 15.3. The summed E-state index contributed by atoms with van der Waals surface area (Å²) in [5, 5.41) is 49.6. The summed E-state index contributed by atoms with van der Waals surface area (Å²) in [5.74, 6) is -10.2. The highest BCUT2D eigenvalue weighted by Crippen LogP contribution is 2.29. The number of hydrogen-bond donors (Lipinski definition) is 7. The average molecular weight is 1320 g/mol. The fraction of sp³-hybridized carbons (Fsp3) is 0.788. The van der Waals surface area contributed by atoms with Gasteiger partial charge >= 0.3 is 0 Å².